The first kappa shape index (κ1) is 13.6. The topological polar surface area (TPSA) is 32.3 Å². The standard InChI is InChI=1S/C17H24N2O/c1-13(15-8-3-2-4-9-15)19(12-14-6-5-7-14)17(20)16-10-18-11-16/h2-4,8-9,13-14,16,18H,5-7,10-12H2,1H3. The number of amides is 1. The zero-order valence-corrected chi connectivity index (χ0v) is 12.2. The van der Waals surface area contributed by atoms with Crippen molar-refractivity contribution in [1.82, 2.24) is 10.2 Å². The van der Waals surface area contributed by atoms with Crippen molar-refractivity contribution in [1.29, 1.82) is 0 Å². The molecule has 0 aromatic heterocycles. The van der Waals surface area contributed by atoms with Gasteiger partial charge in [-0.05, 0) is 31.2 Å². The fourth-order valence-electron chi connectivity index (χ4n) is 3.00. The van der Waals surface area contributed by atoms with Gasteiger partial charge in [0.15, 0.2) is 0 Å². The lowest BCUT2D eigenvalue weighted by atomic mass is 9.84. The quantitative estimate of drug-likeness (QED) is 0.893. The predicted octanol–water partition coefficient (Wildman–Crippen LogP) is 2.60. The van der Waals surface area contributed by atoms with Gasteiger partial charge in [-0.3, -0.25) is 4.79 Å². The van der Waals surface area contributed by atoms with Gasteiger partial charge in [0.2, 0.25) is 5.91 Å². The maximum Gasteiger partial charge on any atom is 0.228 e. The molecular weight excluding hydrogens is 248 g/mol. The van der Waals surface area contributed by atoms with Gasteiger partial charge in [0.1, 0.15) is 0 Å². The van der Waals surface area contributed by atoms with Crippen LogP contribution in [0.4, 0.5) is 0 Å². The van der Waals surface area contributed by atoms with Gasteiger partial charge < -0.3 is 10.2 Å². The maximum atomic E-state index is 12.7. The summed E-state index contributed by atoms with van der Waals surface area (Å²) in [4.78, 5) is 14.8. The highest BCUT2D eigenvalue weighted by molar-refractivity contribution is 5.80. The molecule has 1 saturated carbocycles. The first-order valence-corrected chi connectivity index (χ1v) is 7.82. The summed E-state index contributed by atoms with van der Waals surface area (Å²) in [7, 11) is 0. The number of nitrogens with zero attached hydrogens (tertiary/aromatic N) is 1. The van der Waals surface area contributed by atoms with E-state index in [1.54, 1.807) is 0 Å². The van der Waals surface area contributed by atoms with E-state index in [-0.39, 0.29) is 12.0 Å². The molecule has 0 radical (unpaired) electrons. The SMILES string of the molecule is CC(c1ccccc1)N(CC1CCC1)C(=O)C1CNC1. The second kappa shape index (κ2) is 5.96. The van der Waals surface area contributed by atoms with Gasteiger partial charge in [0.25, 0.3) is 0 Å². The second-order valence-corrected chi connectivity index (χ2v) is 6.23. The molecule has 3 nitrogen and oxygen atoms in total. The van der Waals surface area contributed by atoms with Crippen LogP contribution in [0.3, 0.4) is 0 Å². The van der Waals surface area contributed by atoms with Crippen LogP contribution in [0.15, 0.2) is 30.3 Å². The molecule has 1 N–H and O–H groups in total. The Morgan fingerprint density at radius 1 is 1.30 bits per heavy atom. The molecule has 1 aromatic carbocycles. The number of benzene rings is 1. The number of nitrogens with one attached hydrogen (secondary N) is 1. The fraction of sp³-hybridized carbons (Fsp3) is 0.588. The van der Waals surface area contributed by atoms with E-state index in [0.717, 1.165) is 25.6 Å². The van der Waals surface area contributed by atoms with E-state index in [0.29, 0.717) is 5.91 Å². The highest BCUT2D eigenvalue weighted by Gasteiger charge is 2.34. The molecule has 2 fully saturated rings. The molecular formula is C17H24N2O. The van der Waals surface area contributed by atoms with Crippen LogP contribution in [-0.2, 0) is 4.79 Å². The van der Waals surface area contributed by atoms with E-state index < -0.39 is 0 Å². The van der Waals surface area contributed by atoms with Crippen LogP contribution in [-0.4, -0.2) is 30.4 Å². The highest BCUT2D eigenvalue weighted by atomic mass is 16.2. The molecule has 1 unspecified atom stereocenters. The summed E-state index contributed by atoms with van der Waals surface area (Å²) in [6.45, 7) is 4.80. The zero-order valence-electron chi connectivity index (χ0n) is 12.2. The molecule has 2 aliphatic rings. The Labute approximate surface area is 121 Å². The Morgan fingerprint density at radius 2 is 2.00 bits per heavy atom. The average molecular weight is 272 g/mol. The van der Waals surface area contributed by atoms with E-state index in [2.05, 4.69) is 41.4 Å². The number of carbonyl (C=O) groups is 1. The van der Waals surface area contributed by atoms with Crippen LogP contribution in [0, 0.1) is 11.8 Å². The number of carbonyl (C=O) groups excluding carboxylic acids is 1. The Balaban J connectivity index is 1.74. The summed E-state index contributed by atoms with van der Waals surface area (Å²) in [5.41, 5.74) is 1.24. The Morgan fingerprint density at radius 3 is 2.50 bits per heavy atom. The van der Waals surface area contributed by atoms with Crippen molar-refractivity contribution in [3.63, 3.8) is 0 Å². The number of hydrogen-bond acceptors (Lipinski definition) is 2. The van der Waals surface area contributed by atoms with Gasteiger partial charge in [-0.1, -0.05) is 36.8 Å². The first-order valence-electron chi connectivity index (χ1n) is 7.82. The molecule has 1 aliphatic heterocycles. The largest absolute Gasteiger partial charge is 0.335 e. The molecule has 3 heteroatoms. The second-order valence-electron chi connectivity index (χ2n) is 6.23. The minimum Gasteiger partial charge on any atom is -0.335 e. The van der Waals surface area contributed by atoms with E-state index >= 15 is 0 Å². The van der Waals surface area contributed by atoms with E-state index in [1.165, 1.54) is 24.8 Å². The van der Waals surface area contributed by atoms with Crippen molar-refractivity contribution < 1.29 is 4.79 Å². The van der Waals surface area contributed by atoms with Gasteiger partial charge >= 0.3 is 0 Å². The van der Waals surface area contributed by atoms with Gasteiger partial charge in [0, 0.05) is 19.6 Å². The van der Waals surface area contributed by atoms with Crippen LogP contribution in [0.1, 0.15) is 37.8 Å². The monoisotopic (exact) mass is 272 g/mol. The molecule has 20 heavy (non-hydrogen) atoms. The molecule has 1 aromatic rings. The minimum atomic E-state index is 0.185. The number of rotatable bonds is 5. The molecule has 1 aliphatic carbocycles. The molecule has 1 heterocycles. The van der Waals surface area contributed by atoms with Crippen LogP contribution < -0.4 is 5.32 Å². The Bertz CT molecular complexity index is 451. The van der Waals surface area contributed by atoms with Crippen LogP contribution >= 0.6 is 0 Å². The van der Waals surface area contributed by atoms with E-state index in [4.69, 9.17) is 0 Å². The summed E-state index contributed by atoms with van der Waals surface area (Å²) in [5.74, 6) is 1.26. The third kappa shape index (κ3) is 2.73. The van der Waals surface area contributed by atoms with Crippen molar-refractivity contribution in [2.45, 2.75) is 32.2 Å². The van der Waals surface area contributed by atoms with Gasteiger partial charge in [-0.25, -0.2) is 0 Å². The van der Waals surface area contributed by atoms with Crippen molar-refractivity contribution >= 4 is 5.91 Å². The average Bonchev–Trinajstić information content (AvgIpc) is 2.36. The van der Waals surface area contributed by atoms with Crippen LogP contribution in [0.25, 0.3) is 0 Å². The molecule has 0 spiro atoms. The lowest BCUT2D eigenvalue weighted by Crippen LogP contribution is -2.53. The Kier molecular flexibility index (Phi) is 4.06. The molecule has 1 saturated heterocycles. The van der Waals surface area contributed by atoms with Gasteiger partial charge in [-0.15, -0.1) is 0 Å². The van der Waals surface area contributed by atoms with Gasteiger partial charge in [-0.2, -0.15) is 0 Å². The molecule has 1 atom stereocenters. The summed E-state index contributed by atoms with van der Waals surface area (Å²) in [6.07, 6.45) is 3.90. The lowest BCUT2D eigenvalue weighted by molar-refractivity contribution is -0.140. The third-order valence-corrected chi connectivity index (χ3v) is 4.84. The fourth-order valence-corrected chi connectivity index (χ4v) is 3.00. The van der Waals surface area contributed by atoms with E-state index in [9.17, 15) is 4.79 Å². The van der Waals surface area contributed by atoms with Crippen molar-refractivity contribution in [2.75, 3.05) is 19.6 Å². The summed E-state index contributed by atoms with van der Waals surface area (Å²) in [6, 6.07) is 10.6. The molecule has 108 valence electrons. The van der Waals surface area contributed by atoms with Gasteiger partial charge in [0.05, 0.1) is 12.0 Å². The molecule has 3 rings (SSSR count). The third-order valence-electron chi connectivity index (χ3n) is 4.84. The molecule has 0 bridgehead atoms. The number of hydrogen-bond donors (Lipinski definition) is 1. The van der Waals surface area contributed by atoms with Crippen molar-refractivity contribution in [3.05, 3.63) is 35.9 Å². The smallest absolute Gasteiger partial charge is 0.228 e. The normalized spacial score (nSPS) is 20.9. The maximum absolute atomic E-state index is 12.7. The summed E-state index contributed by atoms with van der Waals surface area (Å²) in [5, 5.41) is 3.21. The lowest BCUT2D eigenvalue weighted by Gasteiger charge is -2.40. The van der Waals surface area contributed by atoms with Crippen molar-refractivity contribution in [2.24, 2.45) is 11.8 Å². The Hall–Kier alpha value is -1.35. The first-order chi connectivity index (χ1) is 9.75. The van der Waals surface area contributed by atoms with Crippen LogP contribution in [0.2, 0.25) is 0 Å². The zero-order chi connectivity index (χ0) is 13.9. The summed E-state index contributed by atoms with van der Waals surface area (Å²) >= 11 is 0. The van der Waals surface area contributed by atoms with E-state index in [1.807, 2.05) is 6.07 Å². The van der Waals surface area contributed by atoms with Crippen LogP contribution in [0.5, 0.6) is 0 Å². The highest BCUT2D eigenvalue weighted by Crippen LogP contribution is 2.31. The molecule has 1 amide bonds. The predicted molar refractivity (Wildman–Crippen MR) is 80.3 cm³/mol. The minimum absolute atomic E-state index is 0.185. The van der Waals surface area contributed by atoms with Crippen molar-refractivity contribution in [3.8, 4) is 0 Å². The summed E-state index contributed by atoms with van der Waals surface area (Å²) < 4.78 is 0.